The molecule has 0 saturated carbocycles. The average Bonchev–Trinajstić information content (AvgIpc) is 1.66. The fourth-order valence-corrected chi connectivity index (χ4v) is 0. The molecule has 8 nitrogen and oxygen atoms in total. The first-order valence-corrected chi connectivity index (χ1v) is 1.46. The summed E-state index contributed by atoms with van der Waals surface area (Å²) in [6.07, 6.45) is 8.00. The van der Waals surface area contributed by atoms with E-state index in [2.05, 4.69) is 12.8 Å². The summed E-state index contributed by atoms with van der Waals surface area (Å²) >= 11 is 0. The van der Waals surface area contributed by atoms with Crippen LogP contribution >= 0.6 is 0 Å². The second-order valence-electron chi connectivity index (χ2n) is 0.476. The van der Waals surface area contributed by atoms with Crippen LogP contribution in [0.15, 0.2) is 0 Å². The van der Waals surface area contributed by atoms with Gasteiger partial charge in [-0.15, -0.1) is 33.1 Å². The van der Waals surface area contributed by atoms with Gasteiger partial charge in [-0.2, -0.15) is 0 Å². The van der Waals surface area contributed by atoms with E-state index in [1.54, 1.807) is 0 Å². The summed E-state index contributed by atoms with van der Waals surface area (Å²) < 4.78 is 0. The molecule has 0 rings (SSSR count). The highest BCUT2D eigenvalue weighted by Gasteiger charge is 1.65. The smallest absolute Gasteiger partial charge is 0.291 e. The zero-order valence-corrected chi connectivity index (χ0v) is 4.58. The molecule has 2 N–H and O–H groups in total. The van der Waals surface area contributed by atoms with Crippen LogP contribution in [0, 0.1) is 33.1 Å². The van der Waals surface area contributed by atoms with Crippen molar-refractivity contribution in [1.29, 1.82) is 0 Å². The largest absolute Gasteiger partial charge is 0.328 e. The van der Waals surface area contributed by atoms with Gasteiger partial charge in [0, 0.05) is 0 Å². The van der Waals surface area contributed by atoms with E-state index in [0.717, 1.165) is 0 Å². The summed E-state index contributed by atoms with van der Waals surface area (Å²) in [4.78, 5) is 16.7. The molecule has 0 heterocycles. The van der Waals surface area contributed by atoms with Gasteiger partial charge in [0.2, 0.25) is 0 Å². The van der Waals surface area contributed by atoms with E-state index < -0.39 is 10.2 Å². The lowest BCUT2D eigenvalue weighted by Crippen LogP contribution is -1.81. The topological polar surface area (TPSA) is 127 Å². The monoisotopic (exact) mass is 152 g/mol. The Balaban J connectivity index is -0.0000000787. The van der Waals surface area contributed by atoms with Gasteiger partial charge in [-0.3, -0.25) is 0 Å². The number of hydrogen-bond acceptors (Lipinski definition) is 4. The SMILES string of the molecule is C#C.O=[N+]([O-])O.O=[N+]([O-])O. The molecule has 8 heteroatoms. The highest BCUT2D eigenvalue weighted by Crippen LogP contribution is 1.38. The lowest BCUT2D eigenvalue weighted by Gasteiger charge is -1.56. The molecule has 0 aliphatic rings. The van der Waals surface area contributed by atoms with Crippen LogP contribution in [0.3, 0.4) is 0 Å². The number of hydrogen-bond donors (Lipinski definition) is 2. The molecule has 0 atom stereocenters. The van der Waals surface area contributed by atoms with Crippen molar-refractivity contribution in [3.8, 4) is 12.8 Å². The third-order valence-electron chi connectivity index (χ3n) is 0. The van der Waals surface area contributed by atoms with Gasteiger partial charge in [-0.25, -0.2) is 0 Å². The third-order valence-corrected chi connectivity index (χ3v) is 0. The maximum absolute atomic E-state index is 8.36. The fourth-order valence-electron chi connectivity index (χ4n) is 0. The Kier molecular flexibility index (Phi) is 24.7. The van der Waals surface area contributed by atoms with Crippen molar-refractivity contribution in [3.05, 3.63) is 20.2 Å². The van der Waals surface area contributed by atoms with Crippen molar-refractivity contribution in [2.75, 3.05) is 0 Å². The van der Waals surface area contributed by atoms with Crippen molar-refractivity contribution < 1.29 is 20.6 Å². The van der Waals surface area contributed by atoms with Gasteiger partial charge in [0.25, 0.3) is 10.2 Å². The van der Waals surface area contributed by atoms with Crippen LogP contribution in [-0.2, 0) is 0 Å². The molecule has 0 bridgehead atoms. The summed E-state index contributed by atoms with van der Waals surface area (Å²) in [6.45, 7) is 0. The first kappa shape index (κ1) is 15.7. The molecule has 0 aliphatic heterocycles. The van der Waals surface area contributed by atoms with Gasteiger partial charge < -0.3 is 10.4 Å². The van der Waals surface area contributed by atoms with E-state index in [1.807, 2.05) is 0 Å². The predicted octanol–water partition coefficient (Wildman–Crippen LogP) is -0.446. The van der Waals surface area contributed by atoms with E-state index in [0.29, 0.717) is 0 Å². The predicted molar refractivity (Wildman–Crippen MR) is 27.5 cm³/mol. The summed E-state index contributed by atoms with van der Waals surface area (Å²) in [5.41, 5.74) is 0. The highest BCUT2D eigenvalue weighted by molar-refractivity contribution is 4.47. The zero-order valence-electron chi connectivity index (χ0n) is 4.58. The van der Waals surface area contributed by atoms with Crippen LogP contribution in [0.5, 0.6) is 0 Å². The molecular formula is C2H4N2O6. The van der Waals surface area contributed by atoms with E-state index in [1.165, 1.54) is 0 Å². The Morgan fingerprint density at radius 1 is 1.00 bits per heavy atom. The third kappa shape index (κ3) is 35.2. The minimum absolute atomic E-state index is 1.50. The molecule has 0 aromatic rings. The molecule has 0 spiro atoms. The normalized spacial score (nSPS) is 5.00. The molecule has 0 aliphatic carbocycles. The molecule has 0 aromatic heterocycles. The van der Waals surface area contributed by atoms with Gasteiger partial charge >= 0.3 is 0 Å². The molecule has 0 saturated heterocycles. The van der Waals surface area contributed by atoms with Crippen molar-refractivity contribution in [1.82, 2.24) is 0 Å². The first-order valence-electron chi connectivity index (χ1n) is 1.46. The molecule has 0 aromatic carbocycles. The zero-order chi connectivity index (χ0) is 9.15. The summed E-state index contributed by atoms with van der Waals surface area (Å²) in [6, 6.07) is 0. The second kappa shape index (κ2) is 15.8. The van der Waals surface area contributed by atoms with Crippen LogP contribution in [0.2, 0.25) is 0 Å². The number of terminal acetylenes is 1. The summed E-state index contributed by atoms with van der Waals surface area (Å²) in [5, 5.41) is 27.3. The second-order valence-corrected chi connectivity index (χ2v) is 0.476. The molecule has 58 valence electrons. The Morgan fingerprint density at radius 2 is 1.00 bits per heavy atom. The summed E-state index contributed by atoms with van der Waals surface area (Å²) in [5.74, 6) is 0. The van der Waals surface area contributed by atoms with Crippen molar-refractivity contribution in [2.24, 2.45) is 0 Å². The van der Waals surface area contributed by atoms with Gasteiger partial charge in [-0.1, -0.05) is 0 Å². The van der Waals surface area contributed by atoms with Gasteiger partial charge in [0.1, 0.15) is 0 Å². The molecule has 0 fully saturated rings. The fraction of sp³-hybridized carbons (Fsp3) is 0. The van der Waals surface area contributed by atoms with E-state index in [4.69, 9.17) is 30.6 Å². The lowest BCUT2D eigenvalue weighted by atomic mass is 11.4. The Morgan fingerprint density at radius 3 is 1.00 bits per heavy atom. The summed E-state index contributed by atoms with van der Waals surface area (Å²) in [7, 11) is 0. The van der Waals surface area contributed by atoms with Crippen LogP contribution in [0.25, 0.3) is 0 Å². The molecule has 0 amide bonds. The van der Waals surface area contributed by atoms with Crippen LogP contribution in [-0.4, -0.2) is 20.6 Å². The lowest BCUT2D eigenvalue weighted by molar-refractivity contribution is -0.742. The van der Waals surface area contributed by atoms with Crippen LogP contribution in [0.1, 0.15) is 0 Å². The van der Waals surface area contributed by atoms with Crippen molar-refractivity contribution >= 4 is 0 Å². The number of nitrogens with zero attached hydrogens (tertiary/aromatic N) is 2. The minimum atomic E-state index is -1.50. The molecule has 10 heavy (non-hydrogen) atoms. The quantitative estimate of drug-likeness (QED) is 0.275. The first-order chi connectivity index (χ1) is 4.46. The average molecular weight is 152 g/mol. The molecule has 0 unspecified atom stereocenters. The Bertz CT molecular complexity index is 98.2. The maximum atomic E-state index is 8.36. The van der Waals surface area contributed by atoms with Gasteiger partial charge in [0.05, 0.1) is 0 Å². The van der Waals surface area contributed by atoms with Crippen molar-refractivity contribution in [3.63, 3.8) is 0 Å². The number of rotatable bonds is 0. The van der Waals surface area contributed by atoms with Gasteiger partial charge in [0.15, 0.2) is 0 Å². The van der Waals surface area contributed by atoms with Gasteiger partial charge in [-0.05, 0) is 0 Å². The molecular weight excluding hydrogens is 148 g/mol. The van der Waals surface area contributed by atoms with E-state index >= 15 is 0 Å². The highest BCUT2D eigenvalue weighted by atomic mass is 16.9. The Hall–Kier alpha value is -2.04. The minimum Gasteiger partial charge on any atom is -0.328 e. The Labute approximate surface area is 54.9 Å². The van der Waals surface area contributed by atoms with Crippen LogP contribution < -0.4 is 0 Å². The van der Waals surface area contributed by atoms with Crippen LogP contribution in [0.4, 0.5) is 0 Å². The standard InChI is InChI=1S/C2H2.2HNO3/c1-2;2*2-1(3)4/h1-2H;2*(H,2,3,4). The van der Waals surface area contributed by atoms with E-state index in [-0.39, 0.29) is 0 Å². The molecule has 0 radical (unpaired) electrons. The van der Waals surface area contributed by atoms with E-state index in [9.17, 15) is 0 Å². The maximum Gasteiger partial charge on any atom is 0.291 e. The van der Waals surface area contributed by atoms with Crippen molar-refractivity contribution in [2.45, 2.75) is 0 Å².